The molecule has 1 heterocycles. The topological polar surface area (TPSA) is 27.7 Å². The molecule has 1 saturated carbocycles. The van der Waals surface area contributed by atoms with Crippen LogP contribution in [0.1, 0.15) is 43.2 Å². The van der Waals surface area contributed by atoms with Crippen LogP contribution in [0.4, 0.5) is 8.78 Å². The van der Waals surface area contributed by atoms with Gasteiger partial charge in [-0.2, -0.15) is 0 Å². The molecule has 2 aliphatic rings. The Hall–Kier alpha value is -1.30. The zero-order valence-electron chi connectivity index (χ0n) is 16.1. The molecule has 1 aliphatic heterocycles. The Morgan fingerprint density at radius 3 is 2.30 bits per heavy atom. The van der Waals surface area contributed by atoms with Gasteiger partial charge in [0.05, 0.1) is 19.8 Å². The molecule has 2 fully saturated rings. The average Bonchev–Trinajstić information content (AvgIpc) is 2.70. The van der Waals surface area contributed by atoms with Crippen LogP contribution in [-0.4, -0.2) is 26.6 Å². The van der Waals surface area contributed by atoms with Gasteiger partial charge in [0.2, 0.25) is 0 Å². The summed E-state index contributed by atoms with van der Waals surface area (Å²) in [5.74, 6) is 0.319. The molecule has 150 valence electrons. The van der Waals surface area contributed by atoms with Crippen molar-refractivity contribution < 1.29 is 23.0 Å². The molecule has 0 atom stereocenters. The van der Waals surface area contributed by atoms with Gasteiger partial charge in [-0.3, -0.25) is 0 Å². The predicted octanol–water partition coefficient (Wildman–Crippen LogP) is 5.03. The molecule has 1 aromatic carbocycles. The number of ether oxygens (including phenoxy) is 3. The highest BCUT2D eigenvalue weighted by Gasteiger charge is 2.31. The molecule has 1 aliphatic carbocycles. The van der Waals surface area contributed by atoms with E-state index in [9.17, 15) is 8.78 Å². The lowest BCUT2D eigenvalue weighted by Crippen LogP contribution is -2.38. The Bertz CT molecular complexity index is 595. The number of aryl methyl sites for hydroxylation is 1. The Balaban J connectivity index is 1.44. The van der Waals surface area contributed by atoms with Gasteiger partial charge in [-0.1, -0.05) is 6.08 Å². The molecule has 0 spiro atoms. The molecule has 0 bridgehead atoms. The minimum Gasteiger partial charge on any atom is -0.380 e. The van der Waals surface area contributed by atoms with Gasteiger partial charge in [-0.25, -0.2) is 8.78 Å². The van der Waals surface area contributed by atoms with Crippen molar-refractivity contribution in [2.75, 3.05) is 20.3 Å². The number of hydrogen-bond acceptors (Lipinski definition) is 3. The van der Waals surface area contributed by atoms with Crippen LogP contribution in [0.25, 0.3) is 0 Å². The van der Waals surface area contributed by atoms with E-state index in [1.807, 2.05) is 6.08 Å². The van der Waals surface area contributed by atoms with Crippen molar-refractivity contribution in [3.8, 4) is 0 Å². The summed E-state index contributed by atoms with van der Waals surface area (Å²) in [6, 6.07) is 2.89. The van der Waals surface area contributed by atoms with Crippen molar-refractivity contribution >= 4 is 0 Å². The number of halogens is 2. The van der Waals surface area contributed by atoms with Gasteiger partial charge in [0, 0.05) is 24.5 Å². The van der Waals surface area contributed by atoms with Gasteiger partial charge in [0.15, 0.2) is 6.29 Å². The molecule has 0 amide bonds. The number of hydrogen-bond donors (Lipinski definition) is 0. The summed E-state index contributed by atoms with van der Waals surface area (Å²) in [6.45, 7) is 5.15. The summed E-state index contributed by atoms with van der Waals surface area (Å²) in [7, 11) is 1.43. The smallest absolute Gasteiger partial charge is 0.160 e. The molecule has 0 aromatic heterocycles. The van der Waals surface area contributed by atoms with Crippen molar-refractivity contribution in [2.45, 2.75) is 51.4 Å². The largest absolute Gasteiger partial charge is 0.380 e. The van der Waals surface area contributed by atoms with Gasteiger partial charge in [-0.15, -0.1) is 6.58 Å². The van der Waals surface area contributed by atoms with Gasteiger partial charge in [-0.05, 0) is 62.1 Å². The van der Waals surface area contributed by atoms with E-state index in [0.717, 1.165) is 37.7 Å². The second-order valence-electron chi connectivity index (χ2n) is 7.82. The van der Waals surface area contributed by atoms with Crippen molar-refractivity contribution in [3.05, 3.63) is 47.5 Å². The molecule has 1 aromatic rings. The van der Waals surface area contributed by atoms with Crippen molar-refractivity contribution in [1.29, 1.82) is 0 Å². The Morgan fingerprint density at radius 1 is 1.11 bits per heavy atom. The molecule has 0 N–H and O–H groups in total. The molecule has 0 unspecified atom stereocenters. The standard InChI is InChI=1S/C22H30F2O3/c1-3-15-12-26-22(27-13-15)18-8-6-16(7-9-18)4-5-17-10-20(23)19(14-25-2)21(24)11-17/h3,10-11,15-16,18,22H,1,4-9,12-14H2,2H3. The van der Waals surface area contributed by atoms with Crippen LogP contribution in [0, 0.1) is 29.4 Å². The first-order valence-electron chi connectivity index (χ1n) is 9.92. The van der Waals surface area contributed by atoms with Gasteiger partial charge in [0.25, 0.3) is 0 Å². The maximum Gasteiger partial charge on any atom is 0.160 e. The van der Waals surface area contributed by atoms with Crippen LogP contribution in [0.5, 0.6) is 0 Å². The van der Waals surface area contributed by atoms with Gasteiger partial charge >= 0.3 is 0 Å². The SMILES string of the molecule is C=CC1COC(C2CCC(CCc3cc(F)c(COC)c(F)c3)CC2)OC1. The highest BCUT2D eigenvalue weighted by Crippen LogP contribution is 2.36. The lowest BCUT2D eigenvalue weighted by atomic mass is 9.79. The minimum atomic E-state index is -0.514. The summed E-state index contributed by atoms with van der Waals surface area (Å²) in [4.78, 5) is 0. The highest BCUT2D eigenvalue weighted by molar-refractivity contribution is 5.26. The molecule has 1 saturated heterocycles. The summed E-state index contributed by atoms with van der Waals surface area (Å²) in [5, 5.41) is 0. The monoisotopic (exact) mass is 380 g/mol. The van der Waals surface area contributed by atoms with Crippen LogP contribution >= 0.6 is 0 Å². The fraction of sp³-hybridized carbons (Fsp3) is 0.636. The second-order valence-corrected chi connectivity index (χ2v) is 7.82. The molecular weight excluding hydrogens is 350 g/mol. The van der Waals surface area contributed by atoms with E-state index in [0.29, 0.717) is 37.4 Å². The van der Waals surface area contributed by atoms with Crippen LogP contribution in [0.15, 0.2) is 24.8 Å². The second kappa shape index (κ2) is 9.76. The zero-order chi connectivity index (χ0) is 19.2. The summed E-state index contributed by atoms with van der Waals surface area (Å²) >= 11 is 0. The first-order valence-corrected chi connectivity index (χ1v) is 9.92. The summed E-state index contributed by atoms with van der Waals surface area (Å²) in [5.41, 5.74) is 0.731. The predicted molar refractivity (Wildman–Crippen MR) is 100 cm³/mol. The highest BCUT2D eigenvalue weighted by atomic mass is 19.1. The maximum atomic E-state index is 14.0. The van der Waals surface area contributed by atoms with Crippen LogP contribution in [0.3, 0.4) is 0 Å². The first kappa shape index (κ1) is 20.4. The molecule has 0 radical (unpaired) electrons. The number of rotatable bonds is 7. The zero-order valence-corrected chi connectivity index (χ0v) is 16.1. The maximum absolute atomic E-state index is 14.0. The third kappa shape index (κ3) is 5.37. The van der Waals surface area contributed by atoms with Crippen LogP contribution in [0.2, 0.25) is 0 Å². The van der Waals surface area contributed by atoms with E-state index in [1.165, 1.54) is 19.2 Å². The van der Waals surface area contributed by atoms with E-state index in [4.69, 9.17) is 14.2 Å². The van der Waals surface area contributed by atoms with E-state index in [1.54, 1.807) is 0 Å². The molecule has 27 heavy (non-hydrogen) atoms. The van der Waals surface area contributed by atoms with E-state index in [2.05, 4.69) is 6.58 Å². The van der Waals surface area contributed by atoms with Gasteiger partial charge < -0.3 is 14.2 Å². The molecule has 3 rings (SSSR count). The van der Waals surface area contributed by atoms with Gasteiger partial charge in [0.1, 0.15) is 11.6 Å². The lowest BCUT2D eigenvalue weighted by Gasteiger charge is -2.37. The quantitative estimate of drug-likeness (QED) is 0.621. The lowest BCUT2D eigenvalue weighted by molar-refractivity contribution is -0.222. The van der Waals surface area contributed by atoms with E-state index in [-0.39, 0.29) is 18.5 Å². The van der Waals surface area contributed by atoms with Crippen LogP contribution in [-0.2, 0) is 27.2 Å². The number of methoxy groups -OCH3 is 1. The fourth-order valence-electron chi connectivity index (χ4n) is 4.14. The third-order valence-corrected chi connectivity index (χ3v) is 5.89. The number of benzene rings is 1. The molecule has 3 nitrogen and oxygen atoms in total. The normalized spacial score (nSPS) is 28.9. The Labute approximate surface area is 160 Å². The Morgan fingerprint density at radius 2 is 1.74 bits per heavy atom. The van der Waals surface area contributed by atoms with Crippen molar-refractivity contribution in [3.63, 3.8) is 0 Å². The average molecular weight is 380 g/mol. The first-order chi connectivity index (χ1) is 13.1. The summed E-state index contributed by atoms with van der Waals surface area (Å²) < 4.78 is 44.6. The Kier molecular flexibility index (Phi) is 7.39. The third-order valence-electron chi connectivity index (χ3n) is 5.89. The molecular formula is C22H30F2O3. The van der Waals surface area contributed by atoms with E-state index >= 15 is 0 Å². The van der Waals surface area contributed by atoms with Crippen molar-refractivity contribution in [2.24, 2.45) is 17.8 Å². The fourth-order valence-corrected chi connectivity index (χ4v) is 4.14. The minimum absolute atomic E-state index is 0.00735. The summed E-state index contributed by atoms with van der Waals surface area (Å²) in [6.07, 6.45) is 7.87. The van der Waals surface area contributed by atoms with E-state index < -0.39 is 11.6 Å². The molecule has 5 heteroatoms. The van der Waals surface area contributed by atoms with Crippen LogP contribution < -0.4 is 0 Å². The van der Waals surface area contributed by atoms with Crippen molar-refractivity contribution in [1.82, 2.24) is 0 Å².